The van der Waals surface area contributed by atoms with Gasteiger partial charge < -0.3 is 20.8 Å². The molecule has 0 aromatic rings. The van der Waals surface area contributed by atoms with Gasteiger partial charge in [-0.15, -0.1) is 0 Å². The number of carboxylic acids is 1. The second kappa shape index (κ2) is 8.95. The number of likely N-dealkylation sites (N-methyl/N-ethyl adjacent to an activating group) is 1. The van der Waals surface area contributed by atoms with E-state index in [0.29, 0.717) is 13.0 Å². The number of amides is 2. The van der Waals surface area contributed by atoms with Crippen molar-refractivity contribution in [2.45, 2.75) is 58.2 Å². The summed E-state index contributed by atoms with van der Waals surface area (Å²) in [7, 11) is 0. The van der Waals surface area contributed by atoms with Crippen LogP contribution in [-0.4, -0.2) is 64.9 Å². The van der Waals surface area contributed by atoms with Gasteiger partial charge in [0.1, 0.15) is 0 Å². The van der Waals surface area contributed by atoms with Crippen molar-refractivity contribution < 1.29 is 19.8 Å². The highest BCUT2D eigenvalue weighted by molar-refractivity contribution is 5.74. The minimum absolute atomic E-state index is 0.0416. The number of aliphatic hydroxyl groups excluding tert-OH is 1. The molecule has 0 aliphatic heterocycles. The van der Waals surface area contributed by atoms with Crippen LogP contribution in [-0.2, 0) is 4.79 Å². The molecule has 1 saturated carbocycles. The Hall–Kier alpha value is -1.34. The monoisotopic (exact) mass is 315 g/mol. The maximum Gasteiger partial charge on any atom is 0.317 e. The zero-order valence-corrected chi connectivity index (χ0v) is 13.7. The Morgan fingerprint density at radius 1 is 1.32 bits per heavy atom. The topological polar surface area (TPSA) is 102 Å². The third kappa shape index (κ3) is 5.81. The predicted molar refractivity (Wildman–Crippen MR) is 83.7 cm³/mol. The molecule has 0 saturated heterocycles. The number of carbonyl (C=O) groups excluding carboxylic acids is 1. The molecule has 1 fully saturated rings. The maximum absolute atomic E-state index is 11.9. The van der Waals surface area contributed by atoms with Gasteiger partial charge in [-0.3, -0.25) is 9.69 Å². The average Bonchev–Trinajstić information content (AvgIpc) is 2.39. The highest BCUT2D eigenvalue weighted by Crippen LogP contribution is 2.25. The molecule has 1 unspecified atom stereocenters. The number of carboxylic acid groups (broad SMARTS) is 1. The fourth-order valence-corrected chi connectivity index (χ4v) is 2.78. The molecule has 0 bridgehead atoms. The van der Waals surface area contributed by atoms with Crippen molar-refractivity contribution >= 4 is 12.0 Å². The molecule has 128 valence electrons. The molecular weight excluding hydrogens is 286 g/mol. The Labute approximate surface area is 132 Å². The van der Waals surface area contributed by atoms with Gasteiger partial charge in [-0.25, -0.2) is 4.79 Å². The molecule has 7 nitrogen and oxygen atoms in total. The molecule has 1 rings (SSSR count). The van der Waals surface area contributed by atoms with Crippen LogP contribution in [0.25, 0.3) is 0 Å². The first-order chi connectivity index (χ1) is 10.4. The number of hydrogen-bond acceptors (Lipinski definition) is 4. The van der Waals surface area contributed by atoms with Gasteiger partial charge in [-0.1, -0.05) is 20.8 Å². The maximum atomic E-state index is 11.9. The van der Waals surface area contributed by atoms with E-state index in [0.717, 1.165) is 12.8 Å². The van der Waals surface area contributed by atoms with Gasteiger partial charge in [-0.05, 0) is 31.7 Å². The summed E-state index contributed by atoms with van der Waals surface area (Å²) < 4.78 is 0. The van der Waals surface area contributed by atoms with E-state index < -0.39 is 5.97 Å². The van der Waals surface area contributed by atoms with E-state index in [1.54, 1.807) is 0 Å². The standard InChI is InChI=1S/C15H29N3O4/c1-4-18(9-14(20)21)12-7-11(8-12)16-15(22)17-13(5-6-19)10(2)3/h10-13,19H,4-9H2,1-3H3,(H,20,21)(H2,16,17,22). The third-order valence-corrected chi connectivity index (χ3v) is 4.27. The number of nitrogens with one attached hydrogen (secondary N) is 2. The first-order valence-corrected chi connectivity index (χ1v) is 8.01. The molecule has 1 atom stereocenters. The van der Waals surface area contributed by atoms with Crippen LogP contribution in [0.3, 0.4) is 0 Å². The lowest BCUT2D eigenvalue weighted by atomic mass is 9.85. The summed E-state index contributed by atoms with van der Waals surface area (Å²) >= 11 is 0. The van der Waals surface area contributed by atoms with E-state index >= 15 is 0 Å². The largest absolute Gasteiger partial charge is 0.480 e. The molecule has 22 heavy (non-hydrogen) atoms. The Bertz CT molecular complexity index is 370. The lowest BCUT2D eigenvalue weighted by Crippen LogP contribution is -2.57. The van der Waals surface area contributed by atoms with Gasteiger partial charge in [0, 0.05) is 24.7 Å². The zero-order chi connectivity index (χ0) is 16.7. The fourth-order valence-electron chi connectivity index (χ4n) is 2.78. The summed E-state index contributed by atoms with van der Waals surface area (Å²) in [5.41, 5.74) is 0. The SMILES string of the molecule is CCN(CC(=O)O)C1CC(NC(=O)NC(CCO)C(C)C)C1. The van der Waals surface area contributed by atoms with Crippen LogP contribution < -0.4 is 10.6 Å². The number of carbonyl (C=O) groups is 2. The Morgan fingerprint density at radius 3 is 2.41 bits per heavy atom. The van der Waals surface area contributed by atoms with E-state index in [2.05, 4.69) is 10.6 Å². The molecule has 0 radical (unpaired) electrons. The third-order valence-electron chi connectivity index (χ3n) is 4.27. The van der Waals surface area contributed by atoms with Gasteiger partial charge >= 0.3 is 12.0 Å². The van der Waals surface area contributed by atoms with Gasteiger partial charge in [0.25, 0.3) is 0 Å². The van der Waals surface area contributed by atoms with Crippen molar-refractivity contribution in [1.82, 2.24) is 15.5 Å². The molecule has 4 N–H and O–H groups in total. The number of nitrogens with zero attached hydrogens (tertiary/aromatic N) is 1. The predicted octanol–water partition coefficient (Wildman–Crippen LogP) is 0.630. The quantitative estimate of drug-likeness (QED) is 0.500. The van der Waals surface area contributed by atoms with Crippen molar-refractivity contribution in [3.8, 4) is 0 Å². The van der Waals surface area contributed by atoms with E-state index in [4.69, 9.17) is 10.2 Å². The van der Waals surface area contributed by atoms with Crippen LogP contribution in [0.5, 0.6) is 0 Å². The highest BCUT2D eigenvalue weighted by Gasteiger charge is 2.34. The van der Waals surface area contributed by atoms with Crippen LogP contribution in [0, 0.1) is 5.92 Å². The first kappa shape index (κ1) is 18.7. The summed E-state index contributed by atoms with van der Waals surface area (Å²) in [5, 5.41) is 23.7. The Kier molecular flexibility index (Phi) is 7.61. The number of aliphatic hydroxyl groups is 1. The van der Waals surface area contributed by atoms with Crippen molar-refractivity contribution in [2.75, 3.05) is 19.7 Å². The van der Waals surface area contributed by atoms with Crippen molar-refractivity contribution in [3.05, 3.63) is 0 Å². The molecule has 2 amide bonds. The molecule has 0 aromatic carbocycles. The summed E-state index contributed by atoms with van der Waals surface area (Å²) in [6.45, 7) is 6.75. The van der Waals surface area contributed by atoms with Crippen molar-refractivity contribution in [2.24, 2.45) is 5.92 Å². The lowest BCUT2D eigenvalue weighted by molar-refractivity contribution is -0.139. The Balaban J connectivity index is 2.32. The van der Waals surface area contributed by atoms with Crippen LogP contribution >= 0.6 is 0 Å². The number of urea groups is 1. The average molecular weight is 315 g/mol. The number of rotatable bonds is 9. The van der Waals surface area contributed by atoms with E-state index in [1.807, 2.05) is 25.7 Å². The summed E-state index contributed by atoms with van der Waals surface area (Å²) in [6, 6.07) is 0.0661. The van der Waals surface area contributed by atoms with Gasteiger partial charge in [0.2, 0.25) is 0 Å². The molecular formula is C15H29N3O4. The second-order valence-corrected chi connectivity index (χ2v) is 6.26. The second-order valence-electron chi connectivity index (χ2n) is 6.26. The fraction of sp³-hybridized carbons (Fsp3) is 0.867. The minimum atomic E-state index is -0.820. The first-order valence-electron chi connectivity index (χ1n) is 8.01. The summed E-state index contributed by atoms with van der Waals surface area (Å²) in [5.74, 6) is -0.557. The van der Waals surface area contributed by atoms with Crippen molar-refractivity contribution in [1.29, 1.82) is 0 Å². The van der Waals surface area contributed by atoms with E-state index in [9.17, 15) is 9.59 Å². The molecule has 7 heteroatoms. The molecule has 0 heterocycles. The van der Waals surface area contributed by atoms with Crippen LogP contribution in [0.4, 0.5) is 4.79 Å². The minimum Gasteiger partial charge on any atom is -0.480 e. The van der Waals surface area contributed by atoms with E-state index in [-0.39, 0.29) is 43.2 Å². The molecule has 1 aliphatic rings. The molecule has 0 spiro atoms. The van der Waals surface area contributed by atoms with Crippen LogP contribution in [0.1, 0.15) is 40.0 Å². The summed E-state index contributed by atoms with van der Waals surface area (Å²) in [6.07, 6.45) is 2.10. The molecule has 0 aromatic heterocycles. The highest BCUT2D eigenvalue weighted by atomic mass is 16.4. The number of aliphatic carboxylic acids is 1. The van der Waals surface area contributed by atoms with Gasteiger partial charge in [-0.2, -0.15) is 0 Å². The molecule has 1 aliphatic carbocycles. The van der Waals surface area contributed by atoms with Crippen LogP contribution in [0.15, 0.2) is 0 Å². The van der Waals surface area contributed by atoms with Gasteiger partial charge in [0.15, 0.2) is 0 Å². The smallest absolute Gasteiger partial charge is 0.317 e. The van der Waals surface area contributed by atoms with Gasteiger partial charge in [0.05, 0.1) is 6.54 Å². The normalized spacial score (nSPS) is 22.3. The van der Waals surface area contributed by atoms with E-state index in [1.165, 1.54) is 0 Å². The van der Waals surface area contributed by atoms with Crippen molar-refractivity contribution in [3.63, 3.8) is 0 Å². The number of hydrogen-bond donors (Lipinski definition) is 4. The lowest BCUT2D eigenvalue weighted by Gasteiger charge is -2.42. The van der Waals surface area contributed by atoms with Crippen LogP contribution in [0.2, 0.25) is 0 Å². The summed E-state index contributed by atoms with van der Waals surface area (Å²) in [4.78, 5) is 24.6. The zero-order valence-electron chi connectivity index (χ0n) is 13.7. The Morgan fingerprint density at radius 2 is 1.95 bits per heavy atom.